The van der Waals surface area contributed by atoms with Gasteiger partial charge in [-0.3, -0.25) is 9.78 Å². The third-order valence-electron chi connectivity index (χ3n) is 8.26. The van der Waals surface area contributed by atoms with Gasteiger partial charge in [0.05, 0.1) is 19.9 Å². The van der Waals surface area contributed by atoms with Crippen molar-refractivity contribution in [2.45, 2.75) is 68.0 Å². The van der Waals surface area contributed by atoms with Crippen LogP contribution in [0.1, 0.15) is 64.7 Å². The summed E-state index contributed by atoms with van der Waals surface area (Å²) in [7, 11) is 3.35. The minimum atomic E-state index is -0.540. The number of benzene rings is 2. The van der Waals surface area contributed by atoms with E-state index in [0.29, 0.717) is 13.1 Å². The highest BCUT2D eigenvalue weighted by Crippen LogP contribution is 2.24. The van der Waals surface area contributed by atoms with Crippen LogP contribution in [0.15, 0.2) is 84.3 Å². The third kappa shape index (κ3) is 8.88. The maximum Gasteiger partial charge on any atom is 0.229 e. The summed E-state index contributed by atoms with van der Waals surface area (Å²) < 4.78 is 10.9. The van der Waals surface area contributed by atoms with Crippen LogP contribution in [0, 0.1) is 12.3 Å². The molecule has 4 rings (SSSR count). The number of allylic oxidation sites excluding steroid dienone is 2. The molecule has 7 nitrogen and oxygen atoms in total. The van der Waals surface area contributed by atoms with Gasteiger partial charge >= 0.3 is 0 Å². The molecule has 1 N–H and O–H groups in total. The molecule has 4 aromatic rings. The maximum atomic E-state index is 13.2. The lowest BCUT2D eigenvalue weighted by Crippen LogP contribution is -2.38. The molecule has 0 fully saturated rings. The van der Waals surface area contributed by atoms with Gasteiger partial charge in [0.1, 0.15) is 17.3 Å². The average molecular weight is 633 g/mol. The number of carbonyl (C=O) groups is 1. The highest BCUT2D eigenvalue weighted by molar-refractivity contribution is 5.85. The van der Waals surface area contributed by atoms with Gasteiger partial charge in [-0.2, -0.15) is 0 Å². The Morgan fingerprint density at radius 2 is 1.51 bits per heavy atom. The number of methoxy groups -OCH3 is 2. The van der Waals surface area contributed by atoms with E-state index >= 15 is 0 Å². The second-order valence-corrected chi connectivity index (χ2v) is 12.8. The van der Waals surface area contributed by atoms with Crippen molar-refractivity contribution in [3.63, 3.8) is 0 Å². The fourth-order valence-corrected chi connectivity index (χ4v) is 5.12. The second-order valence-electron chi connectivity index (χ2n) is 12.8. The number of amides is 1. The van der Waals surface area contributed by atoms with Crippen LogP contribution in [0.5, 0.6) is 11.5 Å². The number of nitrogens with one attached hydrogen (secondary N) is 1. The van der Waals surface area contributed by atoms with Crippen molar-refractivity contribution in [3.8, 4) is 22.8 Å². The number of aromatic nitrogens is 2. The zero-order valence-corrected chi connectivity index (χ0v) is 29.3. The first kappa shape index (κ1) is 35.0. The van der Waals surface area contributed by atoms with E-state index in [1.807, 2.05) is 64.2 Å². The minimum Gasteiger partial charge on any atom is -0.497 e. The van der Waals surface area contributed by atoms with E-state index in [2.05, 4.69) is 78.5 Å². The van der Waals surface area contributed by atoms with Gasteiger partial charge in [-0.05, 0) is 97.1 Å². The Bertz CT molecular complexity index is 1790. The summed E-state index contributed by atoms with van der Waals surface area (Å²) in [5.74, 6) is 2.42. The molecule has 0 aliphatic carbocycles. The summed E-state index contributed by atoms with van der Waals surface area (Å²) >= 11 is 0. The van der Waals surface area contributed by atoms with Crippen LogP contribution in [0.2, 0.25) is 0 Å². The standard InChI is InChI=1S/C40H48N4O3/c1-10-27(3)36(43-39(45)40(5,6)7)22-31-23-37(35-24-41-21-20-28(35)4)42-38(34(31)11-2)44(25-29-12-16-32(46-8)17-13-29)26-30-14-18-33(47-9)19-15-30/h11-24H,10,25-26H2,1-9H3,(H,43,45)/b31-22-,34-11+,36-27-. The Morgan fingerprint density at radius 1 is 0.936 bits per heavy atom. The van der Waals surface area contributed by atoms with E-state index in [4.69, 9.17) is 14.5 Å². The summed E-state index contributed by atoms with van der Waals surface area (Å²) in [4.78, 5) is 25.3. The fraction of sp³-hybridized carbons (Fsp3) is 0.325. The van der Waals surface area contributed by atoms with Crippen LogP contribution in [-0.2, 0) is 17.9 Å². The summed E-state index contributed by atoms with van der Waals surface area (Å²) in [5, 5.41) is 5.17. The molecule has 0 bridgehead atoms. The van der Waals surface area contributed by atoms with E-state index in [1.165, 1.54) is 0 Å². The van der Waals surface area contributed by atoms with Crippen LogP contribution < -0.4 is 30.1 Å². The molecule has 0 spiro atoms. The number of pyridine rings is 2. The fourth-order valence-electron chi connectivity index (χ4n) is 5.12. The Balaban J connectivity index is 2.01. The van der Waals surface area contributed by atoms with Gasteiger partial charge in [0, 0.05) is 47.4 Å². The molecule has 0 saturated heterocycles. The van der Waals surface area contributed by atoms with E-state index in [-0.39, 0.29) is 5.91 Å². The first-order chi connectivity index (χ1) is 22.5. The van der Waals surface area contributed by atoms with Crippen molar-refractivity contribution in [1.29, 1.82) is 0 Å². The number of rotatable bonds is 11. The van der Waals surface area contributed by atoms with Crippen LogP contribution in [-0.4, -0.2) is 30.1 Å². The first-order valence-corrected chi connectivity index (χ1v) is 16.1. The number of hydrogen-bond donors (Lipinski definition) is 1. The molecule has 0 unspecified atom stereocenters. The van der Waals surface area contributed by atoms with E-state index < -0.39 is 5.41 Å². The van der Waals surface area contributed by atoms with Crippen LogP contribution in [0.4, 0.5) is 5.82 Å². The molecular weight excluding hydrogens is 584 g/mol. The number of nitrogens with zero attached hydrogens (tertiary/aromatic N) is 3. The first-order valence-electron chi connectivity index (χ1n) is 16.1. The Labute approximate surface area is 279 Å². The van der Waals surface area contributed by atoms with Gasteiger partial charge in [0.15, 0.2) is 0 Å². The molecule has 0 atom stereocenters. The lowest BCUT2D eigenvalue weighted by Gasteiger charge is -2.26. The molecule has 2 aromatic carbocycles. The van der Waals surface area contributed by atoms with Crippen LogP contribution in [0.3, 0.4) is 0 Å². The smallest absolute Gasteiger partial charge is 0.229 e. The summed E-state index contributed by atoms with van der Waals surface area (Å²) in [6.07, 6.45) is 8.67. The lowest BCUT2D eigenvalue weighted by atomic mass is 9.95. The zero-order valence-electron chi connectivity index (χ0n) is 29.3. The Kier molecular flexibility index (Phi) is 11.6. The highest BCUT2D eigenvalue weighted by atomic mass is 16.5. The molecule has 7 heteroatoms. The molecule has 0 radical (unpaired) electrons. The molecule has 0 saturated carbocycles. The summed E-state index contributed by atoms with van der Waals surface area (Å²) in [6.45, 7) is 15.3. The Hall–Kier alpha value is -4.91. The molecule has 1 amide bonds. The highest BCUT2D eigenvalue weighted by Gasteiger charge is 2.22. The predicted octanol–water partition coefficient (Wildman–Crippen LogP) is 7.10. The van der Waals surface area contributed by atoms with Gasteiger partial charge in [-0.15, -0.1) is 0 Å². The van der Waals surface area contributed by atoms with Crippen LogP contribution in [0.25, 0.3) is 23.4 Å². The third-order valence-corrected chi connectivity index (χ3v) is 8.26. The van der Waals surface area contributed by atoms with Gasteiger partial charge in [-0.25, -0.2) is 4.98 Å². The monoisotopic (exact) mass is 632 g/mol. The number of anilines is 1. The van der Waals surface area contributed by atoms with Crippen molar-refractivity contribution in [2.24, 2.45) is 5.41 Å². The molecule has 246 valence electrons. The van der Waals surface area contributed by atoms with Gasteiger partial charge < -0.3 is 19.7 Å². The maximum absolute atomic E-state index is 13.2. The number of hydrogen-bond acceptors (Lipinski definition) is 6. The van der Waals surface area contributed by atoms with Crippen LogP contribution >= 0.6 is 0 Å². The Morgan fingerprint density at radius 3 is 1.98 bits per heavy atom. The molecule has 0 aliphatic rings. The second kappa shape index (κ2) is 15.6. The van der Waals surface area contributed by atoms with Gasteiger partial charge in [0.2, 0.25) is 5.91 Å². The molecule has 47 heavy (non-hydrogen) atoms. The topological polar surface area (TPSA) is 76.6 Å². The van der Waals surface area contributed by atoms with Crippen molar-refractivity contribution >= 4 is 23.9 Å². The molecular formula is C40H48N4O3. The van der Waals surface area contributed by atoms with Crippen molar-refractivity contribution in [2.75, 3.05) is 19.1 Å². The van der Waals surface area contributed by atoms with E-state index in [9.17, 15) is 4.79 Å². The zero-order chi connectivity index (χ0) is 34.1. The van der Waals surface area contributed by atoms with E-state index in [0.717, 1.165) is 73.4 Å². The number of carbonyl (C=O) groups excluding carboxylic acids is 1. The minimum absolute atomic E-state index is 0.0307. The molecule has 2 heterocycles. The largest absolute Gasteiger partial charge is 0.497 e. The van der Waals surface area contributed by atoms with Crippen molar-refractivity contribution in [3.05, 3.63) is 111 Å². The molecule has 2 aromatic heterocycles. The van der Waals surface area contributed by atoms with Crippen molar-refractivity contribution < 1.29 is 14.3 Å². The SMILES string of the molecule is C/C=c1/c(N(Cc2ccc(OC)cc2)Cc2ccc(OC)cc2)nc(-c2cnccc2C)c/c1=C/C(NC(=O)C(C)(C)C)=C(\C)CC. The summed E-state index contributed by atoms with van der Waals surface area (Å²) in [6, 6.07) is 20.4. The van der Waals surface area contributed by atoms with E-state index in [1.54, 1.807) is 20.4 Å². The number of aryl methyl sites for hydroxylation is 1. The predicted molar refractivity (Wildman–Crippen MR) is 193 cm³/mol. The van der Waals surface area contributed by atoms with Gasteiger partial charge in [-0.1, -0.05) is 58.0 Å². The average Bonchev–Trinajstić information content (AvgIpc) is 3.07. The number of ether oxygens (including phenoxy) is 2. The molecule has 0 aliphatic heterocycles. The summed E-state index contributed by atoms with van der Waals surface area (Å²) in [5.41, 5.74) is 6.45. The van der Waals surface area contributed by atoms with Gasteiger partial charge in [0.25, 0.3) is 0 Å². The van der Waals surface area contributed by atoms with Crippen molar-refractivity contribution in [1.82, 2.24) is 15.3 Å². The lowest BCUT2D eigenvalue weighted by molar-refractivity contribution is -0.127. The quantitative estimate of drug-likeness (QED) is 0.190. The normalized spacial score (nSPS) is 12.9.